The predicted molar refractivity (Wildman–Crippen MR) is 155 cm³/mol. The van der Waals surface area contributed by atoms with E-state index in [1.165, 1.54) is 21.5 Å². The van der Waals surface area contributed by atoms with Crippen LogP contribution in [0.25, 0.3) is 66.2 Å². The molecule has 0 bridgehead atoms. The molecule has 0 unspecified atom stereocenters. The molecular weight excluding hydrogens is 657 g/mol. The van der Waals surface area contributed by atoms with Crippen molar-refractivity contribution in [1.82, 2.24) is 14.1 Å². The molecule has 0 amide bonds. The summed E-state index contributed by atoms with van der Waals surface area (Å²) in [5.74, 6) is 0.880. The number of rotatable bonds is 3. The van der Waals surface area contributed by atoms with Gasteiger partial charge in [-0.15, -0.1) is 29.0 Å². The van der Waals surface area contributed by atoms with E-state index in [1.54, 1.807) is 0 Å². The fourth-order valence-corrected chi connectivity index (χ4v) is 5.60. The minimum atomic E-state index is 0. The molecular formula is C35H20N3Pt-3. The van der Waals surface area contributed by atoms with Crippen LogP contribution in [0.3, 0.4) is 0 Å². The fraction of sp³-hybridized carbons (Fsp3) is 0. The van der Waals surface area contributed by atoms with Crippen LogP contribution in [0.1, 0.15) is 0 Å². The molecule has 39 heavy (non-hydrogen) atoms. The number of nitrogens with zero attached hydrogens (tertiary/aromatic N) is 3. The third-order valence-electron chi connectivity index (χ3n) is 7.25. The minimum Gasteiger partial charge on any atom is -0.353 e. The van der Waals surface area contributed by atoms with Gasteiger partial charge in [-0.1, -0.05) is 53.5 Å². The molecule has 0 radical (unpaired) electrons. The van der Waals surface area contributed by atoms with Crippen molar-refractivity contribution in [2.75, 3.05) is 0 Å². The maximum Gasteiger partial charge on any atom is 0.135 e. The van der Waals surface area contributed by atoms with Crippen molar-refractivity contribution < 1.29 is 21.1 Å². The molecule has 0 saturated carbocycles. The molecule has 0 fully saturated rings. The summed E-state index contributed by atoms with van der Waals surface area (Å²) < 4.78 is 4.49. The van der Waals surface area contributed by atoms with Crippen LogP contribution in [0.15, 0.2) is 121 Å². The quantitative estimate of drug-likeness (QED) is 0.173. The summed E-state index contributed by atoms with van der Waals surface area (Å²) in [6.07, 6.45) is 1.84. The van der Waals surface area contributed by atoms with Crippen molar-refractivity contribution in [1.29, 1.82) is 0 Å². The second-order valence-electron chi connectivity index (χ2n) is 9.41. The van der Waals surface area contributed by atoms with Gasteiger partial charge >= 0.3 is 0 Å². The van der Waals surface area contributed by atoms with E-state index in [9.17, 15) is 0 Å². The van der Waals surface area contributed by atoms with Gasteiger partial charge in [0, 0.05) is 38.3 Å². The minimum absolute atomic E-state index is 0. The van der Waals surface area contributed by atoms with Crippen molar-refractivity contribution in [3.05, 3.63) is 140 Å². The molecule has 8 aromatic rings. The number of para-hydroxylation sites is 2. The number of hydrogen-bond acceptors (Lipinski definition) is 1. The van der Waals surface area contributed by atoms with Gasteiger partial charge in [-0.3, -0.25) is 0 Å². The normalized spacial score (nSPS) is 11.4. The third-order valence-corrected chi connectivity index (χ3v) is 7.25. The number of benzene rings is 5. The van der Waals surface area contributed by atoms with Crippen molar-refractivity contribution in [2.24, 2.45) is 0 Å². The van der Waals surface area contributed by atoms with Crippen molar-refractivity contribution in [3.63, 3.8) is 0 Å². The van der Waals surface area contributed by atoms with Crippen LogP contribution >= 0.6 is 0 Å². The molecule has 0 N–H and O–H groups in total. The van der Waals surface area contributed by atoms with E-state index in [1.807, 2.05) is 42.6 Å². The van der Waals surface area contributed by atoms with Gasteiger partial charge in [-0.05, 0) is 40.7 Å². The summed E-state index contributed by atoms with van der Waals surface area (Å²) in [5, 5.41) is 4.72. The maximum atomic E-state index is 4.70. The van der Waals surface area contributed by atoms with Crippen molar-refractivity contribution in [3.8, 4) is 22.6 Å². The van der Waals surface area contributed by atoms with E-state index in [0.29, 0.717) is 0 Å². The van der Waals surface area contributed by atoms with Gasteiger partial charge in [-0.2, -0.15) is 48.5 Å². The average molecular weight is 678 g/mol. The molecule has 188 valence electrons. The Balaban J connectivity index is 0.00000253. The van der Waals surface area contributed by atoms with Gasteiger partial charge in [-0.25, -0.2) is 16.1 Å². The summed E-state index contributed by atoms with van der Waals surface area (Å²) in [5.41, 5.74) is 7.29. The standard InChI is InChI=1S/C35H20N3.Pt/c1-2-11-24(12-3-1)25-13-10-14-26(21-25)37-31-17-6-4-15-27(31)29-22-30-28-16-5-7-18-32(28)38(34(30)23-33(29)37)35-19-8-9-20-36-35;/h1-11,13-20,22H;/q-3;. The number of hydrogen-bond donors (Lipinski definition) is 0. The Morgan fingerprint density at radius 2 is 1.21 bits per heavy atom. The molecule has 0 spiro atoms. The van der Waals surface area contributed by atoms with Gasteiger partial charge in [0.25, 0.3) is 0 Å². The second kappa shape index (κ2) is 9.38. The van der Waals surface area contributed by atoms with E-state index in [4.69, 9.17) is 4.98 Å². The number of fused-ring (bicyclic) bond motifs is 6. The molecule has 0 atom stereocenters. The van der Waals surface area contributed by atoms with Gasteiger partial charge in [0.05, 0.1) is 0 Å². The molecule has 3 aromatic heterocycles. The van der Waals surface area contributed by atoms with Crippen LogP contribution in [-0.2, 0) is 21.1 Å². The van der Waals surface area contributed by atoms with E-state index in [-0.39, 0.29) is 21.1 Å². The van der Waals surface area contributed by atoms with Crippen LogP contribution in [0.4, 0.5) is 0 Å². The van der Waals surface area contributed by atoms with Gasteiger partial charge in [0.1, 0.15) is 5.82 Å². The molecule has 5 aromatic carbocycles. The Kier molecular flexibility index (Phi) is 5.68. The van der Waals surface area contributed by atoms with Gasteiger partial charge < -0.3 is 9.13 Å². The molecule has 3 nitrogen and oxygen atoms in total. The second-order valence-corrected chi connectivity index (χ2v) is 9.41. The Morgan fingerprint density at radius 1 is 0.538 bits per heavy atom. The maximum absolute atomic E-state index is 4.70. The first kappa shape index (κ1) is 23.6. The van der Waals surface area contributed by atoms with Crippen LogP contribution in [0.2, 0.25) is 0 Å². The first-order chi connectivity index (χ1) is 18.9. The monoisotopic (exact) mass is 677 g/mol. The van der Waals surface area contributed by atoms with Gasteiger partial charge in [0.2, 0.25) is 0 Å². The van der Waals surface area contributed by atoms with Crippen molar-refractivity contribution >= 4 is 43.6 Å². The van der Waals surface area contributed by atoms with Gasteiger partial charge in [0.15, 0.2) is 0 Å². The third kappa shape index (κ3) is 3.65. The van der Waals surface area contributed by atoms with E-state index >= 15 is 0 Å². The summed E-state index contributed by atoms with van der Waals surface area (Å²) in [7, 11) is 0. The average Bonchev–Trinajstić information content (AvgIpc) is 3.49. The molecule has 0 aliphatic rings. The SMILES string of the molecule is [Pt].[c-]1ccccc1-c1[c-]c(-n2c3[c-]c4c(cc3c3ccccc32)c2ccccc2n4-c2ccccn2)ccc1. The zero-order valence-corrected chi connectivity index (χ0v) is 23.0. The zero-order chi connectivity index (χ0) is 25.1. The van der Waals surface area contributed by atoms with E-state index in [2.05, 4.69) is 106 Å². The number of pyridine rings is 1. The molecule has 8 rings (SSSR count). The molecule has 3 heterocycles. The molecule has 0 aliphatic carbocycles. The van der Waals surface area contributed by atoms with Crippen LogP contribution in [-0.4, -0.2) is 14.1 Å². The Labute approximate surface area is 240 Å². The number of aromatic nitrogens is 3. The topological polar surface area (TPSA) is 22.8 Å². The largest absolute Gasteiger partial charge is 0.353 e. The first-order valence-corrected chi connectivity index (χ1v) is 12.7. The fourth-order valence-electron chi connectivity index (χ4n) is 5.60. The summed E-state index contributed by atoms with van der Waals surface area (Å²) in [4.78, 5) is 4.70. The molecule has 0 aliphatic heterocycles. The first-order valence-electron chi connectivity index (χ1n) is 12.7. The van der Waals surface area contributed by atoms with E-state index in [0.717, 1.165) is 44.7 Å². The zero-order valence-electron chi connectivity index (χ0n) is 20.7. The summed E-state index contributed by atoms with van der Waals surface area (Å²) in [6.45, 7) is 0. The van der Waals surface area contributed by atoms with Crippen molar-refractivity contribution in [2.45, 2.75) is 0 Å². The Hall–Kier alpha value is -4.46. The van der Waals surface area contributed by atoms with Crippen LogP contribution in [0.5, 0.6) is 0 Å². The Bertz CT molecular complexity index is 2120. The van der Waals surface area contributed by atoms with E-state index < -0.39 is 0 Å². The summed E-state index contributed by atoms with van der Waals surface area (Å²) in [6, 6.07) is 50.6. The molecule has 0 saturated heterocycles. The smallest absolute Gasteiger partial charge is 0.135 e. The summed E-state index contributed by atoms with van der Waals surface area (Å²) >= 11 is 0. The Morgan fingerprint density at radius 3 is 1.92 bits per heavy atom. The van der Waals surface area contributed by atoms with Crippen LogP contribution in [0, 0.1) is 18.2 Å². The predicted octanol–water partition coefficient (Wildman–Crippen LogP) is 8.34. The van der Waals surface area contributed by atoms with Crippen LogP contribution < -0.4 is 0 Å². The molecule has 4 heteroatoms.